The van der Waals surface area contributed by atoms with E-state index in [0.29, 0.717) is 13.0 Å². The molecule has 5 rings (SSSR count). The highest BCUT2D eigenvalue weighted by atomic mass is 32.2. The molecule has 2 aromatic rings. The van der Waals surface area contributed by atoms with Crippen LogP contribution in [0.1, 0.15) is 44.7 Å². The van der Waals surface area contributed by atoms with Gasteiger partial charge in [-0.2, -0.15) is 0 Å². The summed E-state index contributed by atoms with van der Waals surface area (Å²) in [5, 5.41) is 10.7. The van der Waals surface area contributed by atoms with E-state index in [0.717, 1.165) is 28.9 Å². The fourth-order valence-corrected chi connectivity index (χ4v) is 10.7. The number of fused-ring (bicyclic) bond motifs is 1. The number of hydrogen-bond donors (Lipinski definition) is 1. The first-order valence-corrected chi connectivity index (χ1v) is 17.0. The quantitative estimate of drug-likeness (QED) is 0.301. The van der Waals surface area contributed by atoms with Crippen molar-refractivity contribution < 1.29 is 19.5 Å². The molecule has 0 radical (unpaired) electrons. The van der Waals surface area contributed by atoms with Crippen molar-refractivity contribution in [3.05, 3.63) is 85.0 Å². The zero-order chi connectivity index (χ0) is 32.6. The van der Waals surface area contributed by atoms with Crippen LogP contribution in [0, 0.1) is 37.5 Å². The van der Waals surface area contributed by atoms with Crippen LogP contribution in [0.15, 0.2) is 73.8 Å². The number of anilines is 2. The van der Waals surface area contributed by atoms with Gasteiger partial charge in [-0.3, -0.25) is 14.4 Å². The molecule has 2 bridgehead atoms. The van der Waals surface area contributed by atoms with E-state index in [1.165, 1.54) is 0 Å². The standard InChI is InChI=1S/C37H47N3O4S/c1-8-18-38(27-16-11-10-12-17-27)34(42)30-29-21-26(7)37(45-29)31(30)35(43)40(28(22-41)20-23(3)4)33(37)36(44)39(19-9-2)32-24(5)14-13-15-25(32)6/h8-17,23,26,28-31,33,41H,1-2,18-22H2,3-7H3/t26?,28-,29+,30-,31+,33?,37?/m1/s1. The van der Waals surface area contributed by atoms with Crippen LogP contribution in [0.25, 0.3) is 0 Å². The Morgan fingerprint density at radius 1 is 1.02 bits per heavy atom. The molecule has 3 saturated heterocycles. The van der Waals surface area contributed by atoms with E-state index in [1.54, 1.807) is 38.6 Å². The Kier molecular flexibility index (Phi) is 9.66. The van der Waals surface area contributed by atoms with E-state index in [1.807, 2.05) is 62.4 Å². The Bertz CT molecular complexity index is 1440. The van der Waals surface area contributed by atoms with Crippen molar-refractivity contribution in [3.8, 4) is 0 Å². The van der Waals surface area contributed by atoms with Crippen LogP contribution < -0.4 is 9.80 Å². The second kappa shape index (κ2) is 13.2. The number of amides is 3. The van der Waals surface area contributed by atoms with E-state index in [2.05, 4.69) is 33.9 Å². The topological polar surface area (TPSA) is 81.2 Å². The maximum atomic E-state index is 15.2. The number of thioether (sulfide) groups is 1. The second-order valence-electron chi connectivity index (χ2n) is 13.3. The molecule has 3 amide bonds. The molecule has 8 heteroatoms. The third-order valence-corrected chi connectivity index (χ3v) is 12.1. The molecule has 7 nitrogen and oxygen atoms in total. The molecule has 0 aromatic heterocycles. The molecule has 2 aromatic carbocycles. The fourth-order valence-electron chi connectivity index (χ4n) is 8.27. The number of aliphatic hydroxyl groups excluding tert-OH is 1. The van der Waals surface area contributed by atoms with Gasteiger partial charge >= 0.3 is 0 Å². The highest BCUT2D eigenvalue weighted by Crippen LogP contribution is 2.69. The predicted octanol–water partition coefficient (Wildman–Crippen LogP) is 5.79. The zero-order valence-corrected chi connectivity index (χ0v) is 28.0. The molecule has 3 heterocycles. The Morgan fingerprint density at radius 3 is 2.22 bits per heavy atom. The van der Waals surface area contributed by atoms with Crippen molar-refractivity contribution in [2.45, 2.75) is 69.5 Å². The molecule has 3 unspecified atom stereocenters. The Hall–Kier alpha value is -3.36. The lowest BCUT2D eigenvalue weighted by atomic mass is 9.65. The number of hydrogen-bond acceptors (Lipinski definition) is 5. The third kappa shape index (κ3) is 5.44. The first-order chi connectivity index (χ1) is 21.5. The van der Waals surface area contributed by atoms with Gasteiger partial charge in [-0.1, -0.05) is 69.3 Å². The molecular formula is C37H47N3O4S. The van der Waals surface area contributed by atoms with Crippen LogP contribution >= 0.6 is 11.8 Å². The predicted molar refractivity (Wildman–Crippen MR) is 183 cm³/mol. The van der Waals surface area contributed by atoms with Crippen LogP contribution in [0.3, 0.4) is 0 Å². The van der Waals surface area contributed by atoms with Crippen molar-refractivity contribution in [1.82, 2.24) is 4.90 Å². The van der Waals surface area contributed by atoms with E-state index in [4.69, 9.17) is 0 Å². The summed E-state index contributed by atoms with van der Waals surface area (Å²) in [7, 11) is 0. The summed E-state index contributed by atoms with van der Waals surface area (Å²) in [6, 6.07) is 14.1. The summed E-state index contributed by atoms with van der Waals surface area (Å²) in [6.45, 7) is 18.4. The number of aryl methyl sites for hydroxylation is 2. The maximum absolute atomic E-state index is 15.2. The number of rotatable bonds is 12. The summed E-state index contributed by atoms with van der Waals surface area (Å²) in [6.07, 6.45) is 4.71. The molecule has 1 spiro atoms. The molecule has 3 aliphatic heterocycles. The van der Waals surface area contributed by atoms with Gasteiger partial charge in [0.05, 0.1) is 29.2 Å². The number of likely N-dealkylation sites (tertiary alicyclic amines) is 1. The van der Waals surface area contributed by atoms with E-state index in [-0.39, 0.29) is 48.0 Å². The normalized spacial score (nSPS) is 27.4. The molecule has 1 N–H and O–H groups in total. The Balaban J connectivity index is 1.66. The Labute approximate surface area is 272 Å². The van der Waals surface area contributed by atoms with Crippen molar-refractivity contribution in [2.24, 2.45) is 23.7 Å². The number of benzene rings is 2. The number of para-hydroxylation sites is 2. The smallest absolute Gasteiger partial charge is 0.251 e. The van der Waals surface area contributed by atoms with Gasteiger partial charge in [-0.15, -0.1) is 24.9 Å². The average molecular weight is 630 g/mol. The van der Waals surface area contributed by atoms with Crippen LogP contribution in [0.4, 0.5) is 11.4 Å². The highest BCUT2D eigenvalue weighted by Gasteiger charge is 2.77. The SMILES string of the molecule is C=CCN(C(=O)[C@@H]1[C@@H]2CC(C)C3(S2)C(C(=O)N(CC=C)c2c(C)cccc2C)N([C@@H](CO)CC(C)C)C(=O)[C@H]13)c1ccccc1. The highest BCUT2D eigenvalue weighted by molar-refractivity contribution is 8.02. The van der Waals surface area contributed by atoms with Gasteiger partial charge in [0, 0.05) is 29.7 Å². The summed E-state index contributed by atoms with van der Waals surface area (Å²) >= 11 is 1.66. The largest absolute Gasteiger partial charge is 0.394 e. The summed E-state index contributed by atoms with van der Waals surface area (Å²) in [4.78, 5) is 49.9. The van der Waals surface area contributed by atoms with Gasteiger partial charge in [0.15, 0.2) is 0 Å². The van der Waals surface area contributed by atoms with Gasteiger partial charge in [0.2, 0.25) is 11.8 Å². The fraction of sp³-hybridized carbons (Fsp3) is 0.486. The van der Waals surface area contributed by atoms with Crippen LogP contribution in [-0.4, -0.2) is 69.5 Å². The second-order valence-corrected chi connectivity index (χ2v) is 14.9. The monoisotopic (exact) mass is 629 g/mol. The number of carbonyl (C=O) groups excluding carboxylic acids is 3. The summed E-state index contributed by atoms with van der Waals surface area (Å²) < 4.78 is -0.809. The van der Waals surface area contributed by atoms with Gasteiger partial charge in [-0.25, -0.2) is 0 Å². The first-order valence-electron chi connectivity index (χ1n) is 16.1. The molecule has 3 aliphatic rings. The van der Waals surface area contributed by atoms with Gasteiger partial charge in [0.25, 0.3) is 5.91 Å². The van der Waals surface area contributed by atoms with Crippen molar-refractivity contribution in [1.29, 1.82) is 0 Å². The minimum absolute atomic E-state index is 0.0102. The van der Waals surface area contributed by atoms with E-state index >= 15 is 4.79 Å². The minimum atomic E-state index is -0.836. The molecule has 45 heavy (non-hydrogen) atoms. The van der Waals surface area contributed by atoms with Gasteiger partial charge < -0.3 is 19.8 Å². The molecule has 240 valence electrons. The molecule has 0 saturated carbocycles. The van der Waals surface area contributed by atoms with Crippen molar-refractivity contribution in [3.63, 3.8) is 0 Å². The minimum Gasteiger partial charge on any atom is -0.394 e. The number of carbonyl (C=O) groups is 3. The van der Waals surface area contributed by atoms with Crippen LogP contribution in [0.5, 0.6) is 0 Å². The van der Waals surface area contributed by atoms with Crippen molar-refractivity contribution in [2.75, 3.05) is 29.5 Å². The number of aliphatic hydroxyl groups is 1. The summed E-state index contributed by atoms with van der Waals surface area (Å²) in [5.74, 6) is -1.56. The number of nitrogens with zero attached hydrogens (tertiary/aromatic N) is 3. The molecule has 7 atom stereocenters. The van der Waals surface area contributed by atoms with Gasteiger partial charge in [0.1, 0.15) is 6.04 Å². The van der Waals surface area contributed by atoms with Crippen LogP contribution in [-0.2, 0) is 14.4 Å². The van der Waals surface area contributed by atoms with E-state index in [9.17, 15) is 14.7 Å². The van der Waals surface area contributed by atoms with Gasteiger partial charge in [-0.05, 0) is 61.8 Å². The molecule has 0 aliphatic carbocycles. The van der Waals surface area contributed by atoms with Crippen LogP contribution in [0.2, 0.25) is 0 Å². The molecule has 3 fully saturated rings. The summed E-state index contributed by atoms with van der Waals surface area (Å²) in [5.41, 5.74) is 3.50. The average Bonchev–Trinajstić information content (AvgIpc) is 3.61. The Morgan fingerprint density at radius 2 is 1.64 bits per heavy atom. The lowest BCUT2D eigenvalue weighted by molar-refractivity contribution is -0.142. The zero-order valence-electron chi connectivity index (χ0n) is 27.2. The van der Waals surface area contributed by atoms with Crippen molar-refractivity contribution >= 4 is 40.9 Å². The maximum Gasteiger partial charge on any atom is 0.251 e. The lowest BCUT2D eigenvalue weighted by Crippen LogP contribution is -2.59. The lowest BCUT2D eigenvalue weighted by Gasteiger charge is -2.42. The van der Waals surface area contributed by atoms with E-state index < -0.39 is 28.7 Å². The molecular weight excluding hydrogens is 582 g/mol. The first kappa shape index (κ1) is 33.0. The third-order valence-electron chi connectivity index (χ3n) is 9.98.